The number of nitrogen functional groups attached to an aromatic ring is 1. The molecule has 0 saturated carbocycles. The fourth-order valence-electron chi connectivity index (χ4n) is 2.09. The number of halogens is 3. The molecule has 0 saturated heterocycles. The molecule has 0 aliphatic heterocycles. The zero-order valence-corrected chi connectivity index (χ0v) is 13.7. The second kappa shape index (κ2) is 5.72. The van der Waals surface area contributed by atoms with E-state index in [-0.39, 0.29) is 5.82 Å². The quantitative estimate of drug-likeness (QED) is 0.621. The summed E-state index contributed by atoms with van der Waals surface area (Å²) < 4.78 is 6.15. The third-order valence-corrected chi connectivity index (χ3v) is 4.68. The number of hydrogen-bond donors (Lipinski definition) is 1. The Kier molecular flexibility index (Phi) is 3.93. The van der Waals surface area contributed by atoms with E-state index < -0.39 is 0 Å². The van der Waals surface area contributed by atoms with Crippen molar-refractivity contribution in [1.82, 2.24) is 5.16 Å². The van der Waals surface area contributed by atoms with Crippen molar-refractivity contribution in [3.8, 4) is 22.5 Å². The van der Waals surface area contributed by atoms with Crippen LogP contribution in [0.5, 0.6) is 0 Å². The molecule has 0 amide bonds. The van der Waals surface area contributed by atoms with Crippen LogP contribution in [0.4, 0.5) is 5.82 Å². The molecule has 3 rings (SSSR count). The predicted octanol–water partition coefficient (Wildman–Crippen LogP) is 5.66. The summed E-state index contributed by atoms with van der Waals surface area (Å²) in [5.74, 6) is 0.765. The smallest absolute Gasteiger partial charge is 0.178 e. The highest BCUT2D eigenvalue weighted by molar-refractivity contribution is 9.10. The summed E-state index contributed by atoms with van der Waals surface area (Å²) in [4.78, 5) is 0. The topological polar surface area (TPSA) is 52.0 Å². The van der Waals surface area contributed by atoms with Crippen molar-refractivity contribution in [3.63, 3.8) is 0 Å². The Labute approximate surface area is 139 Å². The van der Waals surface area contributed by atoms with Crippen LogP contribution in [0.3, 0.4) is 0 Å². The Morgan fingerprint density at radius 1 is 1.00 bits per heavy atom. The fraction of sp³-hybridized carbons (Fsp3) is 0. The lowest BCUT2D eigenvalue weighted by Crippen LogP contribution is -1.90. The van der Waals surface area contributed by atoms with E-state index >= 15 is 0 Å². The minimum absolute atomic E-state index is 0.272. The van der Waals surface area contributed by atoms with Crippen LogP contribution in [0.2, 0.25) is 10.0 Å². The molecule has 0 fully saturated rings. The van der Waals surface area contributed by atoms with Gasteiger partial charge in [0.05, 0.1) is 10.6 Å². The Morgan fingerprint density at radius 2 is 1.71 bits per heavy atom. The average molecular weight is 384 g/mol. The first-order valence-corrected chi connectivity index (χ1v) is 7.59. The minimum atomic E-state index is 0.272. The van der Waals surface area contributed by atoms with Crippen molar-refractivity contribution in [2.45, 2.75) is 0 Å². The Morgan fingerprint density at radius 3 is 2.48 bits per heavy atom. The SMILES string of the molecule is Nc1noc(-c2cccc(Br)c2Cl)c1-c1ccccc1Cl. The van der Waals surface area contributed by atoms with Crippen LogP contribution >= 0.6 is 39.1 Å². The third-order valence-electron chi connectivity index (χ3n) is 3.06. The summed E-state index contributed by atoms with van der Waals surface area (Å²) in [5, 5.41) is 4.95. The van der Waals surface area contributed by atoms with E-state index in [2.05, 4.69) is 21.1 Å². The molecule has 0 aliphatic carbocycles. The number of anilines is 1. The van der Waals surface area contributed by atoms with Crippen molar-refractivity contribution in [2.75, 3.05) is 5.73 Å². The molecule has 0 spiro atoms. The first-order valence-electron chi connectivity index (χ1n) is 6.04. The molecule has 1 heterocycles. The zero-order valence-electron chi connectivity index (χ0n) is 10.6. The van der Waals surface area contributed by atoms with E-state index in [1.54, 1.807) is 6.07 Å². The summed E-state index contributed by atoms with van der Waals surface area (Å²) in [6, 6.07) is 12.9. The molecule has 21 heavy (non-hydrogen) atoms. The average Bonchev–Trinajstić information content (AvgIpc) is 2.84. The standard InChI is InChI=1S/C15H9BrCl2N2O/c16-10-6-3-5-9(13(10)18)14-12(15(19)20-21-14)8-4-1-2-7-11(8)17/h1-7H,(H2,19,20). The van der Waals surface area contributed by atoms with Gasteiger partial charge >= 0.3 is 0 Å². The Balaban J connectivity index is 2.28. The van der Waals surface area contributed by atoms with Gasteiger partial charge in [0.25, 0.3) is 0 Å². The molecular weight excluding hydrogens is 375 g/mol. The van der Waals surface area contributed by atoms with Crippen LogP contribution in [0, 0.1) is 0 Å². The normalized spacial score (nSPS) is 10.8. The monoisotopic (exact) mass is 382 g/mol. The second-order valence-corrected chi connectivity index (χ2v) is 5.99. The molecule has 1 aromatic heterocycles. The Bertz CT molecular complexity index is 817. The van der Waals surface area contributed by atoms with E-state index in [4.69, 9.17) is 33.5 Å². The highest BCUT2D eigenvalue weighted by atomic mass is 79.9. The zero-order chi connectivity index (χ0) is 15.0. The van der Waals surface area contributed by atoms with E-state index in [1.807, 2.05) is 36.4 Å². The molecule has 6 heteroatoms. The van der Waals surface area contributed by atoms with E-state index in [1.165, 1.54) is 0 Å². The van der Waals surface area contributed by atoms with E-state index in [9.17, 15) is 0 Å². The van der Waals surface area contributed by atoms with Crippen molar-refractivity contribution < 1.29 is 4.52 Å². The highest BCUT2D eigenvalue weighted by Gasteiger charge is 2.21. The molecular formula is C15H9BrCl2N2O. The van der Waals surface area contributed by atoms with Crippen LogP contribution in [0.1, 0.15) is 0 Å². The maximum atomic E-state index is 6.33. The van der Waals surface area contributed by atoms with Gasteiger partial charge < -0.3 is 10.3 Å². The molecule has 2 N–H and O–H groups in total. The van der Waals surface area contributed by atoms with Crippen molar-refractivity contribution in [1.29, 1.82) is 0 Å². The first kappa shape index (κ1) is 14.4. The minimum Gasteiger partial charge on any atom is -0.380 e. The van der Waals surface area contributed by atoms with E-state index in [0.717, 1.165) is 10.0 Å². The van der Waals surface area contributed by atoms with Crippen LogP contribution in [-0.4, -0.2) is 5.16 Å². The molecule has 0 aliphatic rings. The number of nitrogens with two attached hydrogens (primary N) is 1. The summed E-state index contributed by atoms with van der Waals surface area (Å²) in [6.45, 7) is 0. The van der Waals surface area contributed by atoms with Gasteiger partial charge in [0, 0.05) is 20.6 Å². The van der Waals surface area contributed by atoms with Crippen LogP contribution in [0.15, 0.2) is 51.5 Å². The second-order valence-electron chi connectivity index (χ2n) is 4.35. The van der Waals surface area contributed by atoms with Crippen molar-refractivity contribution >= 4 is 44.9 Å². The molecule has 0 radical (unpaired) electrons. The van der Waals surface area contributed by atoms with Crippen LogP contribution < -0.4 is 5.73 Å². The largest absolute Gasteiger partial charge is 0.380 e. The lowest BCUT2D eigenvalue weighted by Gasteiger charge is -2.07. The van der Waals surface area contributed by atoms with Gasteiger partial charge in [-0.25, -0.2) is 0 Å². The lowest BCUT2D eigenvalue weighted by atomic mass is 10.0. The van der Waals surface area contributed by atoms with Gasteiger partial charge in [-0.15, -0.1) is 0 Å². The van der Waals surface area contributed by atoms with Crippen LogP contribution in [0.25, 0.3) is 22.5 Å². The molecule has 106 valence electrons. The van der Waals surface area contributed by atoms with Gasteiger partial charge in [-0.05, 0) is 34.1 Å². The van der Waals surface area contributed by atoms with Crippen LogP contribution in [-0.2, 0) is 0 Å². The molecule has 3 nitrogen and oxygen atoms in total. The van der Waals surface area contributed by atoms with E-state index in [0.29, 0.717) is 26.9 Å². The highest BCUT2D eigenvalue weighted by Crippen LogP contribution is 2.43. The number of aromatic nitrogens is 1. The summed E-state index contributed by atoms with van der Waals surface area (Å²) in [7, 11) is 0. The van der Waals surface area contributed by atoms with Gasteiger partial charge in [-0.3, -0.25) is 0 Å². The van der Waals surface area contributed by atoms with Gasteiger partial charge in [0.2, 0.25) is 0 Å². The van der Waals surface area contributed by atoms with Gasteiger partial charge in [-0.2, -0.15) is 0 Å². The molecule has 0 atom stereocenters. The van der Waals surface area contributed by atoms with Gasteiger partial charge in [-0.1, -0.05) is 52.6 Å². The van der Waals surface area contributed by atoms with Gasteiger partial charge in [0.15, 0.2) is 11.6 Å². The maximum absolute atomic E-state index is 6.33. The molecule has 0 unspecified atom stereocenters. The predicted molar refractivity (Wildman–Crippen MR) is 89.5 cm³/mol. The third kappa shape index (κ3) is 2.55. The molecule has 3 aromatic rings. The number of benzene rings is 2. The molecule has 2 aromatic carbocycles. The lowest BCUT2D eigenvalue weighted by molar-refractivity contribution is 0.436. The Hall–Kier alpha value is -1.49. The number of rotatable bonds is 2. The number of nitrogens with zero attached hydrogens (tertiary/aromatic N) is 1. The first-order chi connectivity index (χ1) is 10.1. The summed E-state index contributed by atoms with van der Waals surface area (Å²) >= 11 is 16.0. The fourth-order valence-corrected chi connectivity index (χ4v) is 2.90. The summed E-state index contributed by atoms with van der Waals surface area (Å²) in [6.07, 6.45) is 0. The van der Waals surface area contributed by atoms with Gasteiger partial charge in [0.1, 0.15) is 0 Å². The summed E-state index contributed by atoms with van der Waals surface area (Å²) in [5.41, 5.74) is 8.04. The number of hydrogen-bond acceptors (Lipinski definition) is 3. The van der Waals surface area contributed by atoms with Crippen molar-refractivity contribution in [2.24, 2.45) is 0 Å². The molecule has 0 bridgehead atoms. The maximum Gasteiger partial charge on any atom is 0.178 e. The van der Waals surface area contributed by atoms with Crippen molar-refractivity contribution in [3.05, 3.63) is 57.0 Å².